The summed E-state index contributed by atoms with van der Waals surface area (Å²) >= 11 is 6.28. The van der Waals surface area contributed by atoms with Gasteiger partial charge in [0.05, 0.1) is 5.69 Å². The standard InChI is InChI=1S/C13H24ClN5/c1-9-10(13(14)19(4)16-9)7-11(15)12-8-17(2)5-6-18(12)3/h11-12H,5-8,15H2,1-4H3. The van der Waals surface area contributed by atoms with Crippen molar-refractivity contribution in [1.82, 2.24) is 19.6 Å². The van der Waals surface area contributed by atoms with Crippen molar-refractivity contribution in [3.63, 3.8) is 0 Å². The molecule has 0 spiro atoms. The van der Waals surface area contributed by atoms with Crippen LogP contribution in [0.5, 0.6) is 0 Å². The fraction of sp³-hybridized carbons (Fsp3) is 0.769. The summed E-state index contributed by atoms with van der Waals surface area (Å²) in [5.74, 6) is 0. The van der Waals surface area contributed by atoms with Gasteiger partial charge in [0.1, 0.15) is 5.15 Å². The van der Waals surface area contributed by atoms with Gasteiger partial charge in [0.15, 0.2) is 0 Å². The lowest BCUT2D eigenvalue weighted by Gasteiger charge is -2.40. The van der Waals surface area contributed by atoms with Crippen molar-refractivity contribution in [2.75, 3.05) is 33.7 Å². The molecule has 1 aromatic rings. The van der Waals surface area contributed by atoms with E-state index in [0.29, 0.717) is 11.2 Å². The highest BCUT2D eigenvalue weighted by Gasteiger charge is 2.29. The summed E-state index contributed by atoms with van der Waals surface area (Å²) in [6.07, 6.45) is 0.779. The van der Waals surface area contributed by atoms with Crippen LogP contribution in [-0.4, -0.2) is 65.4 Å². The highest BCUT2D eigenvalue weighted by atomic mass is 35.5. The molecule has 0 bridgehead atoms. The number of halogens is 1. The average molecular weight is 286 g/mol. The van der Waals surface area contributed by atoms with E-state index in [4.69, 9.17) is 17.3 Å². The van der Waals surface area contributed by atoms with Gasteiger partial charge in [-0.15, -0.1) is 0 Å². The van der Waals surface area contributed by atoms with E-state index in [1.807, 2.05) is 14.0 Å². The van der Waals surface area contributed by atoms with Crippen LogP contribution in [0.1, 0.15) is 11.3 Å². The number of nitrogens with two attached hydrogens (primary N) is 1. The average Bonchev–Trinajstić information content (AvgIpc) is 2.59. The maximum atomic E-state index is 6.42. The molecule has 2 atom stereocenters. The summed E-state index contributed by atoms with van der Waals surface area (Å²) in [5, 5.41) is 5.06. The summed E-state index contributed by atoms with van der Waals surface area (Å²) in [4.78, 5) is 4.69. The normalized spacial score (nSPS) is 23.8. The predicted molar refractivity (Wildman–Crippen MR) is 78.5 cm³/mol. The fourth-order valence-corrected chi connectivity index (χ4v) is 3.04. The van der Waals surface area contributed by atoms with Crippen LogP contribution in [0.4, 0.5) is 0 Å². The Labute approximate surface area is 120 Å². The SMILES string of the molecule is Cc1nn(C)c(Cl)c1CC(N)C1CN(C)CCN1C. The molecule has 0 aliphatic carbocycles. The van der Waals surface area contributed by atoms with Gasteiger partial charge in [-0.3, -0.25) is 9.58 Å². The first kappa shape index (κ1) is 14.8. The molecule has 1 aliphatic heterocycles. The van der Waals surface area contributed by atoms with Crippen LogP contribution in [0, 0.1) is 6.92 Å². The van der Waals surface area contributed by atoms with Gasteiger partial charge >= 0.3 is 0 Å². The summed E-state index contributed by atoms with van der Waals surface area (Å²) in [5.41, 5.74) is 8.48. The molecule has 5 nitrogen and oxygen atoms in total. The topological polar surface area (TPSA) is 50.3 Å². The third-order valence-corrected chi connectivity index (χ3v) is 4.58. The first-order valence-corrected chi connectivity index (χ1v) is 7.10. The molecule has 2 unspecified atom stereocenters. The van der Waals surface area contributed by atoms with E-state index in [0.717, 1.165) is 37.3 Å². The summed E-state index contributed by atoms with van der Waals surface area (Å²) < 4.78 is 1.72. The lowest BCUT2D eigenvalue weighted by atomic mass is 9.98. The molecule has 19 heavy (non-hydrogen) atoms. The molecule has 0 saturated carbocycles. The fourth-order valence-electron chi connectivity index (χ4n) is 2.78. The third-order valence-electron chi connectivity index (χ3n) is 4.10. The molecular weight excluding hydrogens is 262 g/mol. The number of likely N-dealkylation sites (N-methyl/N-ethyl adjacent to an activating group) is 2. The van der Waals surface area contributed by atoms with Gasteiger partial charge in [-0.1, -0.05) is 11.6 Å². The van der Waals surface area contributed by atoms with Gasteiger partial charge in [0.2, 0.25) is 0 Å². The van der Waals surface area contributed by atoms with Crippen molar-refractivity contribution in [1.29, 1.82) is 0 Å². The molecule has 0 amide bonds. The van der Waals surface area contributed by atoms with Gasteiger partial charge in [0.25, 0.3) is 0 Å². The first-order chi connectivity index (χ1) is 8.90. The summed E-state index contributed by atoms with van der Waals surface area (Å²) in [6.45, 7) is 5.17. The zero-order valence-corrected chi connectivity index (χ0v) is 13.0. The highest BCUT2D eigenvalue weighted by molar-refractivity contribution is 6.30. The highest BCUT2D eigenvalue weighted by Crippen LogP contribution is 2.22. The minimum absolute atomic E-state index is 0.0770. The van der Waals surface area contributed by atoms with E-state index in [1.165, 1.54) is 0 Å². The van der Waals surface area contributed by atoms with E-state index in [9.17, 15) is 0 Å². The number of hydrogen-bond acceptors (Lipinski definition) is 4. The van der Waals surface area contributed by atoms with E-state index >= 15 is 0 Å². The largest absolute Gasteiger partial charge is 0.326 e. The summed E-state index contributed by atoms with van der Waals surface area (Å²) in [6, 6.07) is 0.447. The Hall–Kier alpha value is -0.620. The molecule has 2 N–H and O–H groups in total. The molecule has 1 aliphatic rings. The van der Waals surface area contributed by atoms with E-state index in [-0.39, 0.29) is 6.04 Å². The molecule has 1 aromatic heterocycles. The minimum atomic E-state index is 0.0770. The number of rotatable bonds is 3. The second kappa shape index (κ2) is 5.79. The second-order valence-corrected chi connectivity index (χ2v) is 6.01. The van der Waals surface area contributed by atoms with Gasteiger partial charge in [-0.25, -0.2) is 0 Å². The molecule has 108 valence electrons. The molecule has 0 aromatic carbocycles. The van der Waals surface area contributed by atoms with Crippen LogP contribution < -0.4 is 5.73 Å². The summed E-state index contributed by atoms with van der Waals surface area (Å²) in [7, 11) is 6.16. The number of piperazine rings is 1. The van der Waals surface area contributed by atoms with Gasteiger partial charge in [-0.05, 0) is 27.4 Å². The number of aryl methyl sites for hydroxylation is 2. The molecule has 1 saturated heterocycles. The number of hydrogen-bond donors (Lipinski definition) is 1. The minimum Gasteiger partial charge on any atom is -0.326 e. The smallest absolute Gasteiger partial charge is 0.130 e. The van der Waals surface area contributed by atoms with Crippen molar-refractivity contribution in [2.24, 2.45) is 12.8 Å². The van der Waals surface area contributed by atoms with Crippen molar-refractivity contribution < 1.29 is 0 Å². The Morgan fingerprint density at radius 3 is 2.63 bits per heavy atom. The Morgan fingerprint density at radius 1 is 1.37 bits per heavy atom. The van der Waals surface area contributed by atoms with Crippen LogP contribution in [-0.2, 0) is 13.5 Å². The van der Waals surface area contributed by atoms with E-state index in [1.54, 1.807) is 4.68 Å². The monoisotopic (exact) mass is 285 g/mol. The lowest BCUT2D eigenvalue weighted by molar-refractivity contribution is 0.0973. The maximum absolute atomic E-state index is 6.42. The number of aromatic nitrogens is 2. The molecular formula is C13H24ClN5. The Balaban J connectivity index is 2.09. The molecule has 2 heterocycles. The van der Waals surface area contributed by atoms with Crippen molar-refractivity contribution >= 4 is 11.6 Å². The van der Waals surface area contributed by atoms with Crippen molar-refractivity contribution in [2.45, 2.75) is 25.4 Å². The Morgan fingerprint density at radius 2 is 2.05 bits per heavy atom. The molecule has 0 radical (unpaired) electrons. The molecule has 6 heteroatoms. The van der Waals surface area contributed by atoms with Crippen LogP contribution >= 0.6 is 11.6 Å². The van der Waals surface area contributed by atoms with Crippen LogP contribution in [0.2, 0.25) is 5.15 Å². The van der Waals surface area contributed by atoms with Crippen LogP contribution in [0.25, 0.3) is 0 Å². The second-order valence-electron chi connectivity index (χ2n) is 5.66. The first-order valence-electron chi connectivity index (χ1n) is 6.72. The zero-order chi connectivity index (χ0) is 14.2. The molecule has 1 fully saturated rings. The van der Waals surface area contributed by atoms with Gasteiger partial charge in [-0.2, -0.15) is 5.10 Å². The predicted octanol–water partition coefficient (Wildman–Crippen LogP) is 0.498. The third kappa shape index (κ3) is 3.11. The van der Waals surface area contributed by atoms with Crippen molar-refractivity contribution in [3.05, 3.63) is 16.4 Å². The van der Waals surface area contributed by atoms with E-state index in [2.05, 4.69) is 29.0 Å². The van der Waals surface area contributed by atoms with E-state index < -0.39 is 0 Å². The Bertz CT molecular complexity index is 444. The van der Waals surface area contributed by atoms with Gasteiger partial charge < -0.3 is 10.6 Å². The Kier molecular flexibility index (Phi) is 4.50. The number of nitrogens with zero attached hydrogens (tertiary/aromatic N) is 4. The molecule has 2 rings (SSSR count). The maximum Gasteiger partial charge on any atom is 0.130 e. The quantitative estimate of drug-likeness (QED) is 0.879. The van der Waals surface area contributed by atoms with Crippen LogP contribution in [0.3, 0.4) is 0 Å². The van der Waals surface area contributed by atoms with Crippen LogP contribution in [0.15, 0.2) is 0 Å². The lowest BCUT2D eigenvalue weighted by Crippen LogP contribution is -2.58. The zero-order valence-electron chi connectivity index (χ0n) is 12.2. The van der Waals surface area contributed by atoms with Crippen molar-refractivity contribution in [3.8, 4) is 0 Å². The van der Waals surface area contributed by atoms with Gasteiger partial charge in [0, 0.05) is 44.3 Å².